The number of benzene rings is 1. The molecule has 0 saturated heterocycles. The molecule has 2 rings (SSSR count). The minimum Gasteiger partial charge on any atom is -0.480 e. The molecule has 0 aliphatic rings. The fourth-order valence-electron chi connectivity index (χ4n) is 1.47. The van der Waals surface area contributed by atoms with Crippen LogP contribution in [0, 0.1) is 6.92 Å². The molecule has 0 bridgehead atoms. The summed E-state index contributed by atoms with van der Waals surface area (Å²) in [4.78, 5) is 11.6. The van der Waals surface area contributed by atoms with E-state index in [1.54, 1.807) is 12.1 Å². The third kappa shape index (κ3) is 2.50. The molecule has 7 heteroatoms. The molecule has 0 N–H and O–H groups in total. The van der Waals surface area contributed by atoms with Crippen LogP contribution in [0.2, 0.25) is 0 Å². The Bertz CT molecular complexity index is 748. The molecular formula is C12H12N2O4S. The number of ether oxygens (including phenoxy) is 1. The molecule has 1 heterocycles. The third-order valence-electron chi connectivity index (χ3n) is 2.50. The molecule has 2 aromatic rings. The third-order valence-corrected chi connectivity index (χ3v) is 4.09. The lowest BCUT2D eigenvalue weighted by Gasteiger charge is -2.07. The first-order chi connectivity index (χ1) is 8.95. The highest BCUT2D eigenvalue weighted by atomic mass is 32.2. The van der Waals surface area contributed by atoms with Gasteiger partial charge in [0.2, 0.25) is 5.88 Å². The van der Waals surface area contributed by atoms with E-state index in [0.717, 1.165) is 11.6 Å². The molecule has 0 amide bonds. The van der Waals surface area contributed by atoms with E-state index >= 15 is 0 Å². The summed E-state index contributed by atoms with van der Waals surface area (Å²) in [6.45, 7) is 1.84. The van der Waals surface area contributed by atoms with Crippen molar-refractivity contribution < 1.29 is 13.2 Å². The highest BCUT2D eigenvalue weighted by molar-refractivity contribution is 7.89. The Kier molecular flexibility index (Phi) is 3.39. The highest BCUT2D eigenvalue weighted by Gasteiger charge is 2.20. The van der Waals surface area contributed by atoms with Gasteiger partial charge in [-0.1, -0.05) is 17.7 Å². The van der Waals surface area contributed by atoms with E-state index in [1.807, 2.05) is 6.92 Å². The van der Waals surface area contributed by atoms with Crippen LogP contribution < -0.4 is 10.3 Å². The van der Waals surface area contributed by atoms with E-state index in [2.05, 4.69) is 5.10 Å². The number of aromatic nitrogens is 2. The summed E-state index contributed by atoms with van der Waals surface area (Å²) < 4.78 is 29.8. The van der Waals surface area contributed by atoms with Crippen LogP contribution >= 0.6 is 0 Å². The molecule has 0 unspecified atom stereocenters. The normalized spacial score (nSPS) is 11.3. The number of rotatable bonds is 3. The average molecular weight is 280 g/mol. The van der Waals surface area contributed by atoms with E-state index in [1.165, 1.54) is 25.3 Å². The summed E-state index contributed by atoms with van der Waals surface area (Å²) in [7, 11) is -2.66. The highest BCUT2D eigenvalue weighted by Crippen LogP contribution is 2.13. The number of hydrogen-bond acceptors (Lipinski definition) is 5. The number of hydrogen-bond donors (Lipinski definition) is 0. The van der Waals surface area contributed by atoms with E-state index in [9.17, 15) is 13.2 Å². The van der Waals surface area contributed by atoms with Gasteiger partial charge in [-0.3, -0.25) is 4.79 Å². The average Bonchev–Trinajstić information content (AvgIpc) is 2.39. The first-order valence-electron chi connectivity index (χ1n) is 5.42. The van der Waals surface area contributed by atoms with Crippen molar-refractivity contribution in [3.63, 3.8) is 0 Å². The van der Waals surface area contributed by atoms with Crippen LogP contribution in [0.4, 0.5) is 0 Å². The van der Waals surface area contributed by atoms with E-state index in [4.69, 9.17) is 4.74 Å². The maximum absolute atomic E-state index is 12.3. The summed E-state index contributed by atoms with van der Waals surface area (Å²) in [5.74, 6) is 0.0512. The fourth-order valence-corrected chi connectivity index (χ4v) is 2.64. The Morgan fingerprint density at radius 2 is 1.74 bits per heavy atom. The topological polar surface area (TPSA) is 78.3 Å². The van der Waals surface area contributed by atoms with Gasteiger partial charge in [-0.2, -0.15) is 8.42 Å². The monoisotopic (exact) mass is 280 g/mol. The van der Waals surface area contributed by atoms with E-state index in [-0.39, 0.29) is 10.8 Å². The second-order valence-electron chi connectivity index (χ2n) is 3.87. The molecule has 0 spiro atoms. The molecule has 6 nitrogen and oxygen atoms in total. The Labute approximate surface area is 110 Å². The first-order valence-corrected chi connectivity index (χ1v) is 6.86. The molecule has 1 aromatic heterocycles. The van der Waals surface area contributed by atoms with Crippen molar-refractivity contribution in [2.75, 3.05) is 7.11 Å². The lowest BCUT2D eigenvalue weighted by Crippen LogP contribution is -2.29. The number of methoxy groups -OCH3 is 1. The summed E-state index contributed by atoms with van der Waals surface area (Å²) in [5, 5.41) is 3.66. The molecule has 0 atom stereocenters. The molecule has 1 aromatic carbocycles. The van der Waals surface area contributed by atoms with Crippen molar-refractivity contribution in [3.05, 3.63) is 52.3 Å². The van der Waals surface area contributed by atoms with Gasteiger partial charge >= 0.3 is 0 Å². The first kappa shape index (κ1) is 13.3. The zero-order valence-electron chi connectivity index (χ0n) is 10.4. The predicted octanol–water partition coefficient (Wildman–Crippen LogP) is 0.797. The van der Waals surface area contributed by atoms with Gasteiger partial charge in [-0.05, 0) is 19.1 Å². The Hall–Kier alpha value is -2.15. The van der Waals surface area contributed by atoms with Crippen molar-refractivity contribution >= 4 is 10.0 Å². The largest absolute Gasteiger partial charge is 0.480 e. The van der Waals surface area contributed by atoms with E-state index in [0.29, 0.717) is 4.09 Å². The Morgan fingerprint density at radius 3 is 2.32 bits per heavy atom. The van der Waals surface area contributed by atoms with Crippen LogP contribution in [0.1, 0.15) is 5.56 Å². The van der Waals surface area contributed by atoms with Gasteiger partial charge in [0.05, 0.1) is 12.0 Å². The van der Waals surface area contributed by atoms with Crippen molar-refractivity contribution in [2.45, 2.75) is 11.8 Å². The molecule has 0 radical (unpaired) electrons. The molecule has 19 heavy (non-hydrogen) atoms. The van der Waals surface area contributed by atoms with Crippen LogP contribution in [-0.4, -0.2) is 24.7 Å². The van der Waals surface area contributed by atoms with Gasteiger partial charge in [0, 0.05) is 12.1 Å². The van der Waals surface area contributed by atoms with Crippen LogP contribution in [0.15, 0.2) is 46.1 Å². The Morgan fingerprint density at radius 1 is 1.11 bits per heavy atom. The lowest BCUT2D eigenvalue weighted by atomic mass is 10.2. The van der Waals surface area contributed by atoms with E-state index < -0.39 is 15.6 Å². The van der Waals surface area contributed by atoms with Crippen molar-refractivity contribution in [1.82, 2.24) is 9.19 Å². The smallest absolute Gasteiger partial charge is 0.286 e. The maximum Gasteiger partial charge on any atom is 0.286 e. The summed E-state index contributed by atoms with van der Waals surface area (Å²) in [6.07, 6.45) is 0. The minimum absolute atomic E-state index is 0.000882. The maximum atomic E-state index is 12.3. The molecule has 100 valence electrons. The summed E-state index contributed by atoms with van der Waals surface area (Å²) in [5.41, 5.74) is 0.186. The summed E-state index contributed by atoms with van der Waals surface area (Å²) in [6, 6.07) is 8.56. The van der Waals surface area contributed by atoms with Crippen molar-refractivity contribution in [3.8, 4) is 5.88 Å². The number of aryl methyl sites for hydroxylation is 1. The van der Waals surface area contributed by atoms with Crippen molar-refractivity contribution in [1.29, 1.82) is 0 Å². The molecule has 0 fully saturated rings. The van der Waals surface area contributed by atoms with Gasteiger partial charge in [0.25, 0.3) is 15.6 Å². The molecular weight excluding hydrogens is 268 g/mol. The second kappa shape index (κ2) is 4.85. The number of nitrogens with zero attached hydrogens (tertiary/aromatic N) is 2. The zero-order chi connectivity index (χ0) is 14.0. The standard InChI is InChI=1S/C12H12N2O4S/c1-9-3-5-10(6-4-9)19(16,17)14-12(15)8-7-11(13-14)18-2/h3-8H,1-2H3. The minimum atomic E-state index is -4.01. The SMILES string of the molecule is COc1ccc(=O)n(S(=O)(=O)c2ccc(C)cc2)n1. The summed E-state index contributed by atoms with van der Waals surface area (Å²) >= 11 is 0. The molecule has 0 saturated carbocycles. The van der Waals surface area contributed by atoms with Crippen LogP contribution in [0.5, 0.6) is 5.88 Å². The zero-order valence-corrected chi connectivity index (χ0v) is 11.2. The van der Waals surface area contributed by atoms with Crippen molar-refractivity contribution in [2.24, 2.45) is 0 Å². The van der Waals surface area contributed by atoms with Crippen LogP contribution in [0.25, 0.3) is 0 Å². The van der Waals surface area contributed by atoms with Gasteiger partial charge < -0.3 is 4.74 Å². The Balaban J connectivity index is 2.62. The lowest BCUT2D eigenvalue weighted by molar-refractivity contribution is 0.387. The predicted molar refractivity (Wildman–Crippen MR) is 68.8 cm³/mol. The second-order valence-corrected chi connectivity index (χ2v) is 5.64. The van der Waals surface area contributed by atoms with Gasteiger partial charge in [0.15, 0.2) is 0 Å². The molecule has 0 aliphatic carbocycles. The van der Waals surface area contributed by atoms with Gasteiger partial charge in [-0.25, -0.2) is 0 Å². The van der Waals surface area contributed by atoms with Gasteiger partial charge in [0.1, 0.15) is 0 Å². The fraction of sp³-hybridized carbons (Fsp3) is 0.167. The molecule has 0 aliphatic heterocycles. The van der Waals surface area contributed by atoms with Crippen LogP contribution in [-0.2, 0) is 10.0 Å². The van der Waals surface area contributed by atoms with Crippen LogP contribution in [0.3, 0.4) is 0 Å². The van der Waals surface area contributed by atoms with Gasteiger partial charge in [-0.15, -0.1) is 9.19 Å². The quantitative estimate of drug-likeness (QED) is 0.831.